The number of nitrogens with two attached hydrogens (primary N) is 2. The van der Waals surface area contributed by atoms with Gasteiger partial charge in [-0.1, -0.05) is 72.8 Å². The largest absolute Gasteiger partial charge is 0.477 e. The van der Waals surface area contributed by atoms with Gasteiger partial charge in [-0.3, -0.25) is 4.79 Å². The lowest BCUT2D eigenvalue weighted by Crippen LogP contribution is -2.42. The van der Waals surface area contributed by atoms with Crippen LogP contribution in [-0.4, -0.2) is 96.4 Å². The molecule has 23 nitrogen and oxygen atoms in total. The Morgan fingerprint density at radius 3 is 1.61 bits per heavy atom. The topological polar surface area (TPSA) is 319 Å². The number of pyridine rings is 2. The Balaban J connectivity index is 0.000000175. The fourth-order valence-corrected chi connectivity index (χ4v) is 12.0. The van der Waals surface area contributed by atoms with Crippen molar-refractivity contribution in [3.8, 4) is 28.2 Å². The lowest BCUT2D eigenvalue weighted by atomic mass is 9.91. The van der Waals surface area contributed by atoms with E-state index in [0.29, 0.717) is 62.5 Å². The number of aromatic nitrogens is 8. The van der Waals surface area contributed by atoms with Crippen LogP contribution in [0.1, 0.15) is 72.3 Å². The highest BCUT2D eigenvalue weighted by atomic mass is 35.5. The van der Waals surface area contributed by atoms with Gasteiger partial charge in [-0.2, -0.15) is 8.42 Å². The summed E-state index contributed by atoms with van der Waals surface area (Å²) in [6.45, 7) is 15.4. The molecular weight excluding hydrogens is 1180 g/mol. The number of nitrogens with zero attached hydrogens (tertiary/aromatic N) is 10. The van der Waals surface area contributed by atoms with Crippen molar-refractivity contribution in [2.75, 3.05) is 22.1 Å². The number of halogens is 1. The molecule has 0 bridgehead atoms. The van der Waals surface area contributed by atoms with E-state index in [1.54, 1.807) is 67.0 Å². The predicted octanol–water partition coefficient (Wildman–Crippen LogP) is 10.8. The SMILES string of the molecule is Nc1ccc(C(=O)O)nc1.O=S=O.[C-]#[N+]c1cnc(N[C@@H]2CCC[C@H](NC(=O)c3ccc(N)cn3)C2)nc1-c1cn(-c2ccccc2)c2ccccc12.[C-]#[N+]c1cnc(N[C@@H]2CCC[C@H](NCl)C2)nc1-c1cn(S(=O)(=O)c2ccccc2)c2ccccc12. The smallest absolute Gasteiger partial charge is 0.354 e. The van der Waals surface area contributed by atoms with Crippen LogP contribution in [0.15, 0.2) is 176 Å². The van der Waals surface area contributed by atoms with Crippen molar-refractivity contribution in [1.29, 1.82) is 0 Å². The average Bonchev–Trinajstić information content (AvgIpc) is 2.15. The summed E-state index contributed by atoms with van der Waals surface area (Å²) in [6, 6.07) is 40.3. The normalized spacial score (nSPS) is 16.1. The number of nitrogens with one attached hydrogen (secondary N) is 4. The van der Waals surface area contributed by atoms with Gasteiger partial charge in [-0.15, -0.1) is 0 Å². The van der Waals surface area contributed by atoms with Gasteiger partial charge >= 0.3 is 17.5 Å². The molecule has 0 radical (unpaired) electrons. The molecule has 10 aromatic rings. The first-order chi connectivity index (χ1) is 42.7. The van der Waals surface area contributed by atoms with Crippen LogP contribution < -0.4 is 32.3 Å². The van der Waals surface area contributed by atoms with E-state index < -0.39 is 27.6 Å². The summed E-state index contributed by atoms with van der Waals surface area (Å²) in [5.41, 5.74) is 17.9. The van der Waals surface area contributed by atoms with Crippen molar-refractivity contribution >= 4 is 102 Å². The van der Waals surface area contributed by atoms with Gasteiger partial charge in [0.2, 0.25) is 23.3 Å². The maximum Gasteiger partial charge on any atom is 0.354 e. The Hall–Kier alpha value is -10.4. The molecule has 26 heteroatoms. The lowest BCUT2D eigenvalue weighted by molar-refractivity contribution is 0.0690. The Kier molecular flexibility index (Phi) is 20.5. The molecular formula is C62H57ClN16O7S2. The van der Waals surface area contributed by atoms with Gasteiger partial charge in [0.1, 0.15) is 11.4 Å². The second-order valence-corrected chi connectivity index (χ2v) is 22.5. The highest BCUT2D eigenvalue weighted by Crippen LogP contribution is 2.39. The summed E-state index contributed by atoms with van der Waals surface area (Å²) in [7, 11) is -3.85. The summed E-state index contributed by atoms with van der Waals surface area (Å²) in [6.07, 6.45) is 16.8. The third kappa shape index (κ3) is 15.0. The van der Waals surface area contributed by atoms with Crippen LogP contribution in [0.2, 0.25) is 0 Å². The van der Waals surface area contributed by atoms with E-state index in [4.69, 9.17) is 54.9 Å². The monoisotopic (exact) mass is 1240 g/mol. The lowest BCUT2D eigenvalue weighted by Gasteiger charge is -2.30. The average molecular weight is 1240 g/mol. The molecule has 12 rings (SSSR count). The first-order valence-electron chi connectivity index (χ1n) is 27.6. The molecule has 88 heavy (non-hydrogen) atoms. The minimum absolute atomic E-state index is 0.00364. The van der Waals surface area contributed by atoms with Crippen LogP contribution in [0.25, 0.3) is 59.7 Å². The predicted molar refractivity (Wildman–Crippen MR) is 338 cm³/mol. The van der Waals surface area contributed by atoms with Crippen molar-refractivity contribution < 1.29 is 31.5 Å². The Labute approximate surface area is 514 Å². The summed E-state index contributed by atoms with van der Waals surface area (Å²) in [5.74, 6) is -0.383. The number of rotatable bonds is 13. The first kappa shape index (κ1) is 62.1. The van der Waals surface area contributed by atoms with Gasteiger partial charge < -0.3 is 37.1 Å². The van der Waals surface area contributed by atoms with Crippen molar-refractivity contribution in [2.45, 2.75) is 80.4 Å². The number of carbonyl (C=O) groups is 2. The molecule has 2 fully saturated rings. The molecule has 4 atom stereocenters. The first-order valence-corrected chi connectivity index (χ1v) is 30.0. The number of carboxylic acids is 1. The summed E-state index contributed by atoms with van der Waals surface area (Å²) < 4.78 is 46.9. The summed E-state index contributed by atoms with van der Waals surface area (Å²) >= 11 is 5.09. The Bertz CT molecular complexity index is 4330. The fraction of sp³-hybridized carbons (Fsp3) is 0.194. The van der Waals surface area contributed by atoms with Crippen LogP contribution in [0.5, 0.6) is 0 Å². The minimum Gasteiger partial charge on any atom is -0.477 e. The molecule has 9 N–H and O–H groups in total. The number of para-hydroxylation sites is 3. The van der Waals surface area contributed by atoms with E-state index in [9.17, 15) is 18.0 Å². The summed E-state index contributed by atoms with van der Waals surface area (Å²) in [5, 5.41) is 20.0. The van der Waals surface area contributed by atoms with Crippen molar-refractivity contribution in [2.24, 2.45) is 0 Å². The number of carboxylic acid groups (broad SMARTS) is 1. The van der Waals surface area contributed by atoms with E-state index in [1.165, 1.54) is 34.7 Å². The van der Waals surface area contributed by atoms with Crippen molar-refractivity contribution in [3.05, 3.63) is 205 Å². The standard InChI is InChI=1S/C31H28N8O.C25H23ClN6O2S.C6H6N2O2.O2S/c1-33-27-18-35-31(37-22-9-7-8-21(16-22)36-30(40)26-15-14-20(32)17-34-26)38-29(27)25-19-39(23-10-3-2-4-11-23)28-13-6-5-12-24(25)28;1-27-22-15-28-25(29-17-8-7-9-18(14-17)31-26)30-24(22)21-16-32(23-13-6-5-12-20(21)23)35(33,34)19-10-3-2-4-11-19;7-4-1-2-5(6(9)10)8-3-4;1-3-2/h2-6,10-15,17-19,21-22H,7-9,16,32H2,(H,36,40)(H,35,37,38);2-6,10-13,15-18,31H,7-9,14H2,(H,28,29,30);1-3H,7H2,(H,9,10);/t21-,22+;17-,18+;;/m01../s1. The second kappa shape index (κ2) is 29.1. The van der Waals surface area contributed by atoms with Crippen molar-refractivity contribution in [3.63, 3.8) is 0 Å². The number of hydrogen-bond donors (Lipinski definition) is 7. The maximum absolute atomic E-state index is 13.5. The van der Waals surface area contributed by atoms with Gasteiger partial charge in [0, 0.05) is 76.5 Å². The van der Waals surface area contributed by atoms with Gasteiger partial charge in [0.05, 0.1) is 64.2 Å². The second-order valence-electron chi connectivity index (χ2n) is 20.3. The molecule has 0 saturated heterocycles. The van der Waals surface area contributed by atoms with E-state index in [-0.39, 0.29) is 46.4 Å². The number of hydrogen-bond acceptors (Lipinski definition) is 17. The van der Waals surface area contributed by atoms with Crippen LogP contribution in [0.3, 0.4) is 0 Å². The van der Waals surface area contributed by atoms with Gasteiger partial charge in [-0.25, -0.2) is 61.6 Å². The molecule has 6 heterocycles. The van der Waals surface area contributed by atoms with Crippen LogP contribution >= 0.6 is 11.8 Å². The van der Waals surface area contributed by atoms with Crippen LogP contribution in [0.4, 0.5) is 34.6 Å². The van der Waals surface area contributed by atoms with Crippen molar-refractivity contribution in [1.82, 2.24) is 48.6 Å². The number of benzene rings is 4. The number of aromatic carboxylic acids is 1. The van der Waals surface area contributed by atoms with Gasteiger partial charge in [0.25, 0.3) is 15.9 Å². The molecule has 446 valence electrons. The number of carbonyl (C=O) groups excluding carboxylic acids is 1. The summed E-state index contributed by atoms with van der Waals surface area (Å²) in [4.78, 5) is 59.3. The molecule has 0 unspecified atom stereocenters. The van der Waals surface area contributed by atoms with Crippen LogP contribution in [0, 0.1) is 13.1 Å². The number of nitrogen functional groups attached to an aromatic ring is 2. The quantitative estimate of drug-likeness (QED) is 0.0417. The zero-order valence-electron chi connectivity index (χ0n) is 46.9. The Morgan fingerprint density at radius 1 is 0.602 bits per heavy atom. The molecule has 4 aromatic carbocycles. The number of amides is 1. The number of fused-ring (bicyclic) bond motifs is 2. The van der Waals surface area contributed by atoms with E-state index in [2.05, 4.69) is 84.2 Å². The van der Waals surface area contributed by atoms with E-state index in [0.717, 1.165) is 73.5 Å². The third-order valence-electron chi connectivity index (χ3n) is 14.5. The molecule has 2 aliphatic rings. The molecule has 0 aliphatic heterocycles. The third-order valence-corrected chi connectivity index (χ3v) is 16.5. The van der Waals surface area contributed by atoms with E-state index in [1.807, 2.05) is 48.7 Å². The molecule has 2 aliphatic carbocycles. The molecule has 6 aromatic heterocycles. The number of anilines is 4. The van der Waals surface area contributed by atoms with Gasteiger partial charge in [-0.05, 0) is 124 Å². The zero-order valence-corrected chi connectivity index (χ0v) is 49.2. The fourth-order valence-electron chi connectivity index (χ4n) is 10.4. The molecule has 2 saturated carbocycles. The Morgan fingerprint density at radius 2 is 1.08 bits per heavy atom. The van der Waals surface area contributed by atoms with Gasteiger partial charge in [0.15, 0.2) is 0 Å². The highest BCUT2D eigenvalue weighted by molar-refractivity contribution is 7.90. The minimum atomic E-state index is -3.85. The van der Waals surface area contributed by atoms with Crippen LogP contribution in [-0.2, 0) is 21.6 Å². The molecule has 0 spiro atoms. The highest BCUT2D eigenvalue weighted by Gasteiger charge is 2.28. The van der Waals surface area contributed by atoms with E-state index >= 15 is 0 Å². The molecule has 1 amide bonds. The zero-order chi connectivity index (χ0) is 62.2. The maximum atomic E-state index is 13.5.